The van der Waals surface area contributed by atoms with Gasteiger partial charge in [-0.2, -0.15) is 0 Å². The fraction of sp³-hybridized carbons (Fsp3) is 0.469. The number of aryl methyl sites for hydroxylation is 1. The summed E-state index contributed by atoms with van der Waals surface area (Å²) in [5, 5.41) is 23.7. The van der Waals surface area contributed by atoms with Gasteiger partial charge in [0.05, 0.1) is 0 Å². The lowest BCUT2D eigenvalue weighted by Gasteiger charge is -2.28. The van der Waals surface area contributed by atoms with Gasteiger partial charge in [-0.1, -0.05) is 31.0 Å². The molecule has 3 N–H and O–H groups in total. The van der Waals surface area contributed by atoms with E-state index >= 15 is 0 Å². The topological polar surface area (TPSA) is 77.9 Å². The number of nitrogens with zero attached hydrogens (tertiary/aromatic N) is 2. The molecule has 0 bridgehead atoms. The monoisotopic (exact) mass is 515 g/mol. The Labute approximate surface area is 226 Å². The van der Waals surface area contributed by atoms with E-state index in [1.54, 1.807) is 12.1 Å². The number of aromatic hydroxyl groups is 2. The van der Waals surface area contributed by atoms with Crippen LogP contribution in [0.4, 0.5) is 5.69 Å². The molecule has 2 aliphatic rings. The number of pyridine rings is 1. The highest BCUT2D eigenvalue weighted by atomic mass is 16.5. The Hall–Kier alpha value is -3.25. The van der Waals surface area contributed by atoms with Gasteiger partial charge in [-0.05, 0) is 105 Å². The van der Waals surface area contributed by atoms with Gasteiger partial charge < -0.3 is 20.3 Å². The molecule has 1 saturated heterocycles. The van der Waals surface area contributed by atoms with Crippen molar-refractivity contribution in [2.24, 2.45) is 0 Å². The molecule has 0 radical (unpaired) electrons. The quantitative estimate of drug-likeness (QED) is 0.321. The second-order valence-corrected chi connectivity index (χ2v) is 11.0. The zero-order valence-electron chi connectivity index (χ0n) is 22.5. The van der Waals surface area contributed by atoms with Crippen LogP contribution in [0.25, 0.3) is 0 Å². The average Bonchev–Trinajstić information content (AvgIpc) is 3.18. The van der Waals surface area contributed by atoms with Gasteiger partial charge in [-0.25, -0.2) is 4.98 Å². The maximum atomic E-state index is 10.2. The molecular weight excluding hydrogens is 474 g/mol. The lowest BCUT2D eigenvalue weighted by molar-refractivity contribution is 0.209. The minimum atomic E-state index is 0.167. The first kappa shape index (κ1) is 26.4. The third-order valence-corrected chi connectivity index (χ3v) is 7.99. The number of benzene rings is 2. The molecule has 2 heterocycles. The Morgan fingerprint density at radius 1 is 0.974 bits per heavy atom. The minimum Gasteiger partial charge on any atom is -0.508 e. The van der Waals surface area contributed by atoms with Gasteiger partial charge in [-0.3, -0.25) is 4.90 Å². The number of nitrogens with one attached hydrogen (secondary N) is 1. The molecule has 0 saturated carbocycles. The number of likely N-dealkylation sites (tertiary alicyclic amines) is 1. The molecule has 3 aromatic rings. The number of ether oxygens (including phenoxy) is 1. The van der Waals surface area contributed by atoms with Gasteiger partial charge >= 0.3 is 0 Å². The molecule has 2 aromatic carbocycles. The van der Waals surface area contributed by atoms with Crippen molar-refractivity contribution in [3.63, 3.8) is 0 Å². The summed E-state index contributed by atoms with van der Waals surface area (Å²) >= 11 is 0. The van der Waals surface area contributed by atoms with E-state index in [2.05, 4.69) is 34.3 Å². The summed E-state index contributed by atoms with van der Waals surface area (Å²) in [6.07, 6.45) is 10.9. The molecule has 2 unspecified atom stereocenters. The van der Waals surface area contributed by atoms with E-state index in [0.717, 1.165) is 43.5 Å². The maximum absolute atomic E-state index is 10.2. The third kappa shape index (κ3) is 6.98. The average molecular weight is 516 g/mol. The van der Waals surface area contributed by atoms with Crippen molar-refractivity contribution in [3.05, 3.63) is 77.0 Å². The van der Waals surface area contributed by atoms with Crippen LogP contribution in [-0.4, -0.2) is 52.4 Å². The molecule has 1 aliphatic carbocycles. The van der Waals surface area contributed by atoms with E-state index in [0.29, 0.717) is 24.2 Å². The van der Waals surface area contributed by atoms with Crippen LogP contribution >= 0.6 is 0 Å². The molecule has 0 amide bonds. The van der Waals surface area contributed by atoms with Crippen molar-refractivity contribution in [2.45, 2.75) is 70.3 Å². The second-order valence-electron chi connectivity index (χ2n) is 11.0. The third-order valence-electron chi connectivity index (χ3n) is 7.99. The highest BCUT2D eigenvalue weighted by molar-refractivity contribution is 5.58. The van der Waals surface area contributed by atoms with Crippen LogP contribution in [0.5, 0.6) is 17.4 Å². The van der Waals surface area contributed by atoms with Crippen molar-refractivity contribution in [1.29, 1.82) is 0 Å². The molecule has 2 atom stereocenters. The lowest BCUT2D eigenvalue weighted by Crippen LogP contribution is -2.29. The van der Waals surface area contributed by atoms with Crippen molar-refractivity contribution in [1.82, 2.24) is 9.88 Å². The molecule has 6 nitrogen and oxygen atoms in total. The first-order chi connectivity index (χ1) is 18.5. The van der Waals surface area contributed by atoms with Gasteiger partial charge in [-0.15, -0.1) is 0 Å². The Kier molecular flexibility index (Phi) is 8.69. The molecule has 0 spiro atoms. The summed E-state index contributed by atoms with van der Waals surface area (Å²) in [7, 11) is 0. The number of aromatic nitrogens is 1. The van der Waals surface area contributed by atoms with E-state index in [-0.39, 0.29) is 11.8 Å². The molecule has 38 heavy (non-hydrogen) atoms. The Bertz CT molecular complexity index is 1190. The van der Waals surface area contributed by atoms with Crippen molar-refractivity contribution < 1.29 is 14.9 Å². The van der Waals surface area contributed by atoms with Crippen LogP contribution in [0.1, 0.15) is 67.2 Å². The second kappa shape index (κ2) is 12.5. The van der Waals surface area contributed by atoms with Crippen LogP contribution < -0.4 is 10.1 Å². The predicted molar refractivity (Wildman–Crippen MR) is 152 cm³/mol. The molecule has 1 aliphatic heterocycles. The lowest BCUT2D eigenvalue weighted by atomic mass is 9.79. The summed E-state index contributed by atoms with van der Waals surface area (Å²) in [5.41, 5.74) is 5.92. The van der Waals surface area contributed by atoms with Gasteiger partial charge in [0.25, 0.3) is 0 Å². The van der Waals surface area contributed by atoms with E-state index in [4.69, 9.17) is 4.74 Å². The Morgan fingerprint density at radius 3 is 2.55 bits per heavy atom. The van der Waals surface area contributed by atoms with Crippen molar-refractivity contribution in [3.8, 4) is 17.4 Å². The fourth-order valence-electron chi connectivity index (χ4n) is 5.96. The van der Waals surface area contributed by atoms with E-state index < -0.39 is 0 Å². The van der Waals surface area contributed by atoms with Gasteiger partial charge in [0.2, 0.25) is 5.88 Å². The van der Waals surface area contributed by atoms with Crippen LogP contribution in [0.15, 0.2) is 54.7 Å². The number of hydrogen-bond donors (Lipinski definition) is 3. The van der Waals surface area contributed by atoms with Gasteiger partial charge in [0, 0.05) is 36.6 Å². The molecule has 6 heteroatoms. The maximum Gasteiger partial charge on any atom is 0.213 e. The van der Waals surface area contributed by atoms with E-state index in [1.165, 1.54) is 55.5 Å². The van der Waals surface area contributed by atoms with Crippen molar-refractivity contribution >= 4 is 5.69 Å². The standard InChI is InChI=1S/C32H41N3O3/c1-23(18-24-6-13-32(33-22-24)38-17-16-35-14-4-2-3-5-15-35)34-31-21-29(37)11-12-30(31)27-8-7-26-20-28(36)10-9-25(26)19-27/h6,9-13,20-23,27,34,36-37H,2-5,7-8,14-19H2,1H3. The molecule has 5 rings (SSSR count). The first-order valence-corrected chi connectivity index (χ1v) is 14.2. The number of hydrogen-bond acceptors (Lipinski definition) is 6. The van der Waals surface area contributed by atoms with Gasteiger partial charge in [0.15, 0.2) is 0 Å². The Balaban J connectivity index is 1.16. The number of phenolic OH excluding ortho intramolecular Hbond substituents is 2. The van der Waals surface area contributed by atoms with E-state index in [9.17, 15) is 10.2 Å². The SMILES string of the molecule is CC(Cc1ccc(OCCN2CCCCCC2)nc1)Nc1cc(O)ccc1C1CCc2cc(O)ccc2C1. The number of rotatable bonds is 9. The summed E-state index contributed by atoms with van der Waals surface area (Å²) in [6.45, 7) is 6.17. The van der Waals surface area contributed by atoms with Crippen LogP contribution in [0.2, 0.25) is 0 Å². The molecule has 202 valence electrons. The zero-order valence-corrected chi connectivity index (χ0v) is 22.5. The highest BCUT2D eigenvalue weighted by Gasteiger charge is 2.23. The largest absolute Gasteiger partial charge is 0.508 e. The number of anilines is 1. The van der Waals surface area contributed by atoms with Crippen LogP contribution in [0.3, 0.4) is 0 Å². The van der Waals surface area contributed by atoms with Crippen LogP contribution in [-0.2, 0) is 19.3 Å². The summed E-state index contributed by atoms with van der Waals surface area (Å²) in [4.78, 5) is 7.05. The predicted octanol–water partition coefficient (Wildman–Crippen LogP) is 6.06. The number of fused-ring (bicyclic) bond motifs is 1. The zero-order chi connectivity index (χ0) is 26.3. The highest BCUT2D eigenvalue weighted by Crippen LogP contribution is 2.38. The first-order valence-electron chi connectivity index (χ1n) is 14.2. The molecular formula is C32H41N3O3. The van der Waals surface area contributed by atoms with E-state index in [1.807, 2.05) is 30.5 Å². The summed E-state index contributed by atoms with van der Waals surface area (Å²) in [5.74, 6) is 1.66. The minimum absolute atomic E-state index is 0.167. The fourth-order valence-corrected chi connectivity index (χ4v) is 5.96. The smallest absolute Gasteiger partial charge is 0.213 e. The molecule has 1 fully saturated rings. The summed E-state index contributed by atoms with van der Waals surface area (Å²) in [6, 6.07) is 15.6. The Morgan fingerprint density at radius 2 is 1.76 bits per heavy atom. The van der Waals surface area contributed by atoms with Crippen LogP contribution in [0, 0.1) is 0 Å². The van der Waals surface area contributed by atoms with Crippen molar-refractivity contribution in [2.75, 3.05) is 31.6 Å². The summed E-state index contributed by atoms with van der Waals surface area (Å²) < 4.78 is 5.92. The number of phenols is 2. The molecule has 1 aromatic heterocycles. The van der Waals surface area contributed by atoms with Gasteiger partial charge in [0.1, 0.15) is 18.1 Å². The normalized spacial score (nSPS) is 18.8.